The van der Waals surface area contributed by atoms with Crippen molar-refractivity contribution >= 4 is 28.6 Å². The third-order valence-electron chi connectivity index (χ3n) is 6.97. The van der Waals surface area contributed by atoms with Crippen molar-refractivity contribution < 1.29 is 4.79 Å². The zero-order valence-corrected chi connectivity index (χ0v) is 22.1. The van der Waals surface area contributed by atoms with Gasteiger partial charge in [-0.1, -0.05) is 30.8 Å². The Morgan fingerprint density at radius 1 is 1.11 bits per heavy atom. The summed E-state index contributed by atoms with van der Waals surface area (Å²) in [6.07, 6.45) is 4.67. The van der Waals surface area contributed by atoms with E-state index in [-0.39, 0.29) is 5.91 Å². The number of nitrogens with zero attached hydrogens (tertiary/aromatic N) is 4. The first kappa shape index (κ1) is 25.5. The van der Waals surface area contributed by atoms with E-state index >= 15 is 0 Å². The number of aromatic nitrogens is 2. The lowest BCUT2D eigenvalue weighted by molar-refractivity contribution is 0.0766. The van der Waals surface area contributed by atoms with Gasteiger partial charge < -0.3 is 25.8 Å². The molecule has 0 spiro atoms. The maximum atomic E-state index is 13.0. The Morgan fingerprint density at radius 2 is 1.84 bits per heavy atom. The molecule has 1 saturated carbocycles. The molecule has 1 aliphatic heterocycles. The van der Waals surface area contributed by atoms with Crippen LogP contribution in [0.25, 0.3) is 11.0 Å². The summed E-state index contributed by atoms with van der Waals surface area (Å²) in [4.78, 5) is 24.7. The molecule has 38 heavy (non-hydrogen) atoms. The van der Waals surface area contributed by atoms with Crippen molar-refractivity contribution in [2.24, 2.45) is 17.8 Å². The fourth-order valence-electron chi connectivity index (χ4n) is 4.70. The van der Waals surface area contributed by atoms with Crippen LogP contribution in [0.15, 0.2) is 88.8 Å². The standard InChI is InChI=1S/C30H35N7O/c1-4-24(21-10-14-23(15-11-21)29(38)37-18-7-16-32-17-19-37)33-27(20(2)31)28(22-12-13-22)35-30-34-25-8-5-6-9-26(25)36(30)3/h4-6,8-11,14-15,32H,1,7,12-13,16-19,31H2,2-3H3,(H,34,35)/b27-20+,33-24?. The number of aliphatic imine (C=N–C) groups is 1. The van der Waals surface area contributed by atoms with Gasteiger partial charge in [0.2, 0.25) is 5.95 Å². The molecule has 5 rings (SSSR count). The first-order chi connectivity index (χ1) is 18.5. The Bertz CT molecular complexity index is 1440. The molecule has 1 aromatic heterocycles. The normalized spacial score (nSPS) is 16.6. The number of amides is 1. The highest BCUT2D eigenvalue weighted by molar-refractivity contribution is 6.09. The molecule has 2 fully saturated rings. The van der Waals surface area contributed by atoms with Crippen LogP contribution in [0.2, 0.25) is 0 Å². The zero-order chi connectivity index (χ0) is 26.6. The lowest BCUT2D eigenvalue weighted by Crippen LogP contribution is -2.34. The number of aryl methyl sites for hydroxylation is 1. The lowest BCUT2D eigenvalue weighted by atomic mass is 10.1. The number of fused-ring (bicyclic) bond motifs is 1. The average molecular weight is 510 g/mol. The van der Waals surface area contributed by atoms with Crippen molar-refractivity contribution in [3.63, 3.8) is 0 Å². The molecule has 1 amide bonds. The maximum Gasteiger partial charge on any atom is 0.253 e. The number of carbonyl (C=O) groups excluding carboxylic acids is 1. The fraction of sp³-hybridized carbons (Fsp3) is 0.300. The van der Waals surface area contributed by atoms with E-state index in [1.54, 1.807) is 6.08 Å². The predicted octanol–water partition coefficient (Wildman–Crippen LogP) is 4.33. The van der Waals surface area contributed by atoms with E-state index in [0.29, 0.717) is 22.7 Å². The molecule has 196 valence electrons. The van der Waals surface area contributed by atoms with Crippen LogP contribution < -0.4 is 16.4 Å². The minimum absolute atomic E-state index is 0.0585. The Morgan fingerprint density at radius 3 is 2.53 bits per heavy atom. The molecule has 1 aliphatic carbocycles. The van der Waals surface area contributed by atoms with E-state index in [4.69, 9.17) is 15.7 Å². The molecule has 4 N–H and O–H groups in total. The third-order valence-corrected chi connectivity index (χ3v) is 6.97. The minimum atomic E-state index is 0.0585. The summed E-state index contributed by atoms with van der Waals surface area (Å²) in [7, 11) is 2.00. The van der Waals surface area contributed by atoms with Gasteiger partial charge in [0.15, 0.2) is 0 Å². The van der Waals surface area contributed by atoms with Crippen molar-refractivity contribution in [2.45, 2.75) is 26.2 Å². The van der Waals surface area contributed by atoms with Crippen LogP contribution in [0.5, 0.6) is 0 Å². The van der Waals surface area contributed by atoms with Crippen LogP contribution >= 0.6 is 0 Å². The lowest BCUT2D eigenvalue weighted by Gasteiger charge is -2.20. The number of para-hydroxylation sites is 2. The monoisotopic (exact) mass is 509 g/mol. The number of allylic oxidation sites excluding steroid dienone is 3. The van der Waals surface area contributed by atoms with Crippen molar-refractivity contribution in [1.82, 2.24) is 19.8 Å². The van der Waals surface area contributed by atoms with Crippen LogP contribution in [0, 0.1) is 0 Å². The highest BCUT2D eigenvalue weighted by atomic mass is 16.2. The molecule has 2 heterocycles. The van der Waals surface area contributed by atoms with Crippen LogP contribution in [-0.2, 0) is 7.05 Å². The van der Waals surface area contributed by atoms with E-state index in [0.717, 1.165) is 73.7 Å². The molecule has 3 aromatic rings. The average Bonchev–Trinajstić information content (AvgIpc) is 3.76. The van der Waals surface area contributed by atoms with E-state index in [2.05, 4.69) is 23.3 Å². The summed E-state index contributed by atoms with van der Waals surface area (Å²) in [5.41, 5.74) is 14.0. The third kappa shape index (κ3) is 5.40. The number of hydrogen-bond acceptors (Lipinski definition) is 6. The Hall–Kier alpha value is -4.17. The smallest absolute Gasteiger partial charge is 0.253 e. The van der Waals surface area contributed by atoms with Gasteiger partial charge in [0.05, 0.1) is 22.4 Å². The summed E-state index contributed by atoms with van der Waals surface area (Å²) in [6.45, 7) is 9.13. The fourth-order valence-corrected chi connectivity index (χ4v) is 4.70. The van der Waals surface area contributed by atoms with Crippen molar-refractivity contribution in [1.29, 1.82) is 0 Å². The summed E-state index contributed by atoms with van der Waals surface area (Å²) < 4.78 is 2.04. The second-order valence-electron chi connectivity index (χ2n) is 9.79. The molecular formula is C30H35N7O. The first-order valence-electron chi connectivity index (χ1n) is 13.1. The number of imidazole rings is 1. The quantitative estimate of drug-likeness (QED) is 0.412. The van der Waals surface area contributed by atoms with Gasteiger partial charge in [0.1, 0.15) is 5.70 Å². The summed E-state index contributed by atoms with van der Waals surface area (Å²) >= 11 is 0. The first-order valence-corrected chi connectivity index (χ1v) is 13.1. The largest absolute Gasteiger partial charge is 0.400 e. The van der Waals surface area contributed by atoms with Gasteiger partial charge in [0, 0.05) is 43.5 Å². The van der Waals surface area contributed by atoms with Gasteiger partial charge in [-0.15, -0.1) is 0 Å². The number of benzene rings is 2. The van der Waals surface area contributed by atoms with Crippen LogP contribution in [0.3, 0.4) is 0 Å². The number of anilines is 1. The molecule has 2 aliphatic rings. The van der Waals surface area contributed by atoms with Crippen molar-refractivity contribution in [2.75, 3.05) is 31.5 Å². The van der Waals surface area contributed by atoms with E-state index in [9.17, 15) is 4.79 Å². The van der Waals surface area contributed by atoms with E-state index in [1.165, 1.54) is 5.57 Å². The molecule has 0 unspecified atom stereocenters. The van der Waals surface area contributed by atoms with Gasteiger partial charge in [-0.2, -0.15) is 0 Å². The molecule has 0 atom stereocenters. The van der Waals surface area contributed by atoms with Gasteiger partial charge in [-0.05, 0) is 68.6 Å². The molecule has 1 saturated heterocycles. The number of carbonyl (C=O) groups is 1. The van der Waals surface area contributed by atoms with Crippen molar-refractivity contribution in [3.8, 4) is 0 Å². The van der Waals surface area contributed by atoms with Crippen LogP contribution in [0.1, 0.15) is 42.1 Å². The minimum Gasteiger partial charge on any atom is -0.400 e. The highest BCUT2D eigenvalue weighted by Gasteiger charge is 2.24. The zero-order valence-electron chi connectivity index (χ0n) is 22.1. The molecule has 0 radical (unpaired) electrons. The Labute approximate surface area is 223 Å². The molecule has 8 nitrogen and oxygen atoms in total. The molecule has 8 heteroatoms. The topological polar surface area (TPSA) is 101 Å². The van der Waals surface area contributed by atoms with Gasteiger partial charge in [-0.3, -0.25) is 4.79 Å². The molecular weight excluding hydrogens is 474 g/mol. The van der Waals surface area contributed by atoms with Gasteiger partial charge in [0.25, 0.3) is 5.91 Å². The molecule has 2 aromatic carbocycles. The number of rotatable bonds is 7. The number of nitrogens with one attached hydrogen (secondary N) is 2. The summed E-state index contributed by atoms with van der Waals surface area (Å²) in [5, 5.41) is 6.86. The van der Waals surface area contributed by atoms with Gasteiger partial charge >= 0.3 is 0 Å². The van der Waals surface area contributed by atoms with Gasteiger partial charge in [-0.25, -0.2) is 9.98 Å². The summed E-state index contributed by atoms with van der Waals surface area (Å²) in [6, 6.07) is 15.6. The number of nitrogens with two attached hydrogens (primary N) is 1. The van der Waals surface area contributed by atoms with E-state index in [1.807, 2.05) is 65.9 Å². The SMILES string of the molecule is C=CC(=N/C(C(Nc1nc2ccccc2n1C)=C1CC1)=C(\C)N)c1ccc(C(=O)N2CCCNCC2)cc1. The molecule has 0 bridgehead atoms. The maximum absolute atomic E-state index is 13.0. The van der Waals surface area contributed by atoms with Crippen LogP contribution in [0.4, 0.5) is 5.95 Å². The second-order valence-corrected chi connectivity index (χ2v) is 9.79. The predicted molar refractivity (Wildman–Crippen MR) is 154 cm³/mol. The van der Waals surface area contributed by atoms with Crippen LogP contribution in [-0.4, -0.2) is 52.2 Å². The van der Waals surface area contributed by atoms with Crippen molar-refractivity contribution in [3.05, 3.63) is 95.0 Å². The second kappa shape index (κ2) is 11.1. The number of hydrogen-bond donors (Lipinski definition) is 3. The highest BCUT2D eigenvalue weighted by Crippen LogP contribution is 2.36. The Balaban J connectivity index is 1.42. The Kier molecular flexibility index (Phi) is 7.42. The van der Waals surface area contributed by atoms with E-state index < -0.39 is 0 Å². The summed E-state index contributed by atoms with van der Waals surface area (Å²) in [5.74, 6) is 0.796.